The Kier molecular flexibility index (Phi) is 13.1. The number of aromatic nitrogens is 1. The summed E-state index contributed by atoms with van der Waals surface area (Å²) in [6.07, 6.45) is 2.50. The van der Waals surface area contributed by atoms with Crippen LogP contribution in [0, 0.1) is 6.92 Å². The molecule has 122 valence electrons. The van der Waals surface area contributed by atoms with Crippen LogP contribution in [0.5, 0.6) is 0 Å². The Morgan fingerprint density at radius 2 is 1.73 bits per heavy atom. The van der Waals surface area contributed by atoms with Gasteiger partial charge in [0.1, 0.15) is 5.03 Å². The zero-order valence-corrected chi connectivity index (χ0v) is 15.8. The van der Waals surface area contributed by atoms with Gasteiger partial charge < -0.3 is 5.11 Å². The lowest BCUT2D eigenvalue weighted by Crippen LogP contribution is -1.93. The molecule has 1 N–H and O–H groups in total. The summed E-state index contributed by atoms with van der Waals surface area (Å²) in [5.41, 5.74) is 2.43. The van der Waals surface area contributed by atoms with Crippen LogP contribution in [0.15, 0.2) is 52.5 Å². The summed E-state index contributed by atoms with van der Waals surface area (Å²) < 4.78 is 0. The van der Waals surface area contributed by atoms with Crippen molar-refractivity contribution in [3.63, 3.8) is 0 Å². The molecule has 2 nitrogen and oxygen atoms in total. The largest absolute Gasteiger partial charge is 0.396 e. The fraction of sp³-hybridized carbons (Fsp3) is 0.389. The first kappa shape index (κ1) is 21.0. The van der Waals surface area contributed by atoms with E-state index in [1.165, 1.54) is 16.0 Å². The molecule has 0 bridgehead atoms. The minimum Gasteiger partial charge on any atom is -0.396 e. The monoisotopic (exact) mass is 337 g/mol. The summed E-state index contributed by atoms with van der Waals surface area (Å²) in [5, 5.41) is 10.1. The van der Waals surface area contributed by atoms with Crippen LogP contribution in [-0.4, -0.2) is 16.7 Å². The van der Waals surface area contributed by atoms with Crippen molar-refractivity contribution in [3.05, 3.63) is 53.7 Å². The zero-order valence-electron chi connectivity index (χ0n) is 14.2. The molecule has 22 heavy (non-hydrogen) atoms. The minimum absolute atomic E-state index is 0.185. The van der Waals surface area contributed by atoms with Gasteiger partial charge in [-0.2, -0.15) is 0 Å². The van der Waals surface area contributed by atoms with Crippen LogP contribution in [-0.2, 0) is 6.42 Å². The molecule has 4 heteroatoms. The SMILES string of the molecule is CC.CC.Cc1ccc(CCO)c(SSc2ccccn2)c1. The Bertz CT molecular complexity index is 504. The third-order valence-electron chi connectivity index (χ3n) is 2.46. The summed E-state index contributed by atoms with van der Waals surface area (Å²) in [5.74, 6) is 0. The van der Waals surface area contributed by atoms with Crippen molar-refractivity contribution in [3.8, 4) is 0 Å². The molecule has 1 heterocycles. The molecule has 1 aromatic heterocycles. The van der Waals surface area contributed by atoms with Crippen molar-refractivity contribution in [1.29, 1.82) is 0 Å². The van der Waals surface area contributed by atoms with Crippen LogP contribution in [0.25, 0.3) is 0 Å². The van der Waals surface area contributed by atoms with E-state index in [4.69, 9.17) is 5.11 Å². The van der Waals surface area contributed by atoms with E-state index in [0.717, 1.165) is 5.03 Å². The first-order valence-corrected chi connectivity index (χ1v) is 9.90. The quantitative estimate of drug-likeness (QED) is 0.701. The molecule has 0 radical (unpaired) electrons. The standard InChI is InChI=1S/C14H15NOS2.2C2H6/c1-11-5-6-12(7-9-16)13(10-11)17-18-14-4-2-3-8-15-14;2*1-2/h2-6,8,10,16H,7,9H2,1H3;2*1-2H3. The van der Waals surface area contributed by atoms with E-state index >= 15 is 0 Å². The number of benzene rings is 1. The molecule has 0 spiro atoms. The molecule has 0 atom stereocenters. The number of hydrogen-bond acceptors (Lipinski definition) is 4. The molecule has 0 aliphatic carbocycles. The highest BCUT2D eigenvalue weighted by molar-refractivity contribution is 8.76. The lowest BCUT2D eigenvalue weighted by atomic mass is 10.1. The number of nitrogens with zero attached hydrogens (tertiary/aromatic N) is 1. The molecular weight excluding hydrogens is 310 g/mol. The molecule has 0 amide bonds. The van der Waals surface area contributed by atoms with Crippen LogP contribution in [0.4, 0.5) is 0 Å². The molecule has 2 rings (SSSR count). The van der Waals surface area contributed by atoms with E-state index in [-0.39, 0.29) is 6.61 Å². The van der Waals surface area contributed by atoms with Crippen LogP contribution >= 0.6 is 21.6 Å². The van der Waals surface area contributed by atoms with Gasteiger partial charge in [0, 0.05) is 17.7 Å². The minimum atomic E-state index is 0.185. The predicted octanol–water partition coefficient (Wildman–Crippen LogP) is 5.78. The van der Waals surface area contributed by atoms with E-state index in [1.54, 1.807) is 27.8 Å². The summed E-state index contributed by atoms with van der Waals surface area (Å²) in [7, 11) is 3.34. The van der Waals surface area contributed by atoms with Gasteiger partial charge in [0.2, 0.25) is 0 Å². The number of aliphatic hydroxyl groups is 1. The molecular formula is C18H27NOS2. The van der Waals surface area contributed by atoms with Crippen LogP contribution in [0.3, 0.4) is 0 Å². The van der Waals surface area contributed by atoms with Crippen molar-refractivity contribution >= 4 is 21.6 Å². The summed E-state index contributed by atoms with van der Waals surface area (Å²) >= 11 is 0. The molecule has 0 unspecified atom stereocenters. The van der Waals surface area contributed by atoms with Crippen molar-refractivity contribution < 1.29 is 5.11 Å². The highest BCUT2D eigenvalue weighted by atomic mass is 33.1. The number of rotatable bonds is 5. The molecule has 0 aliphatic rings. The first-order valence-electron chi connectivity index (χ1n) is 7.75. The fourth-order valence-electron chi connectivity index (χ4n) is 1.55. The van der Waals surface area contributed by atoms with Crippen LogP contribution < -0.4 is 0 Å². The van der Waals surface area contributed by atoms with Gasteiger partial charge in [-0.05, 0) is 53.5 Å². The average molecular weight is 338 g/mol. The topological polar surface area (TPSA) is 33.1 Å². The maximum atomic E-state index is 9.07. The first-order chi connectivity index (χ1) is 10.8. The summed E-state index contributed by atoms with van der Waals surface area (Å²) in [6, 6.07) is 12.2. The number of pyridine rings is 1. The molecule has 0 saturated carbocycles. The van der Waals surface area contributed by atoms with E-state index in [0.29, 0.717) is 6.42 Å². The van der Waals surface area contributed by atoms with Crippen molar-refractivity contribution in [2.24, 2.45) is 0 Å². The van der Waals surface area contributed by atoms with Gasteiger partial charge in [0.15, 0.2) is 0 Å². The molecule has 1 aromatic carbocycles. The second-order valence-corrected chi connectivity index (χ2v) is 6.11. The third-order valence-corrected chi connectivity index (χ3v) is 4.81. The van der Waals surface area contributed by atoms with E-state index in [1.807, 2.05) is 45.9 Å². The van der Waals surface area contributed by atoms with E-state index < -0.39 is 0 Å². The Morgan fingerprint density at radius 1 is 1.00 bits per heavy atom. The molecule has 2 aromatic rings. The van der Waals surface area contributed by atoms with Crippen molar-refractivity contribution in [1.82, 2.24) is 4.98 Å². The smallest absolute Gasteiger partial charge is 0.107 e. The predicted molar refractivity (Wildman–Crippen MR) is 101 cm³/mol. The van der Waals surface area contributed by atoms with Gasteiger partial charge in [-0.3, -0.25) is 0 Å². The third kappa shape index (κ3) is 7.87. The fourth-order valence-corrected chi connectivity index (χ4v) is 3.76. The summed E-state index contributed by atoms with van der Waals surface area (Å²) in [4.78, 5) is 5.49. The number of aryl methyl sites for hydroxylation is 1. The van der Waals surface area contributed by atoms with Gasteiger partial charge in [-0.25, -0.2) is 4.98 Å². The zero-order chi connectivity index (χ0) is 16.8. The second kappa shape index (κ2) is 13.7. The van der Waals surface area contributed by atoms with Crippen molar-refractivity contribution in [2.75, 3.05) is 6.61 Å². The van der Waals surface area contributed by atoms with Crippen LogP contribution in [0.2, 0.25) is 0 Å². The number of hydrogen-bond donors (Lipinski definition) is 1. The second-order valence-electron chi connectivity index (χ2n) is 3.92. The van der Waals surface area contributed by atoms with Gasteiger partial charge in [0.25, 0.3) is 0 Å². The van der Waals surface area contributed by atoms with E-state index in [2.05, 4.69) is 30.1 Å². The molecule has 0 fully saturated rings. The Morgan fingerprint density at radius 3 is 2.32 bits per heavy atom. The average Bonchev–Trinajstić information content (AvgIpc) is 2.60. The maximum Gasteiger partial charge on any atom is 0.107 e. The van der Waals surface area contributed by atoms with E-state index in [9.17, 15) is 0 Å². The normalized spacial score (nSPS) is 9.18. The lowest BCUT2D eigenvalue weighted by molar-refractivity contribution is 0.299. The van der Waals surface area contributed by atoms with Crippen LogP contribution in [0.1, 0.15) is 38.8 Å². The van der Waals surface area contributed by atoms with Gasteiger partial charge in [0.05, 0.1) is 0 Å². The maximum absolute atomic E-state index is 9.07. The molecule has 0 saturated heterocycles. The highest BCUT2D eigenvalue weighted by Crippen LogP contribution is 2.38. The highest BCUT2D eigenvalue weighted by Gasteiger charge is 2.05. The summed E-state index contributed by atoms with van der Waals surface area (Å²) in [6.45, 7) is 10.3. The Labute approximate surface area is 143 Å². The van der Waals surface area contributed by atoms with Gasteiger partial charge in [-0.15, -0.1) is 0 Å². The molecule has 0 aliphatic heterocycles. The Balaban J connectivity index is 0.00000102. The van der Waals surface area contributed by atoms with Gasteiger partial charge in [-0.1, -0.05) is 56.7 Å². The van der Waals surface area contributed by atoms with Crippen molar-refractivity contribution in [2.45, 2.75) is 51.0 Å². The number of aliphatic hydroxyl groups excluding tert-OH is 1. The Hall–Kier alpha value is -0.970. The van der Waals surface area contributed by atoms with Gasteiger partial charge >= 0.3 is 0 Å². The lowest BCUT2D eigenvalue weighted by Gasteiger charge is -2.08.